The summed E-state index contributed by atoms with van der Waals surface area (Å²) in [5.41, 5.74) is 2.22. The first kappa shape index (κ1) is 22.1. The van der Waals surface area contributed by atoms with E-state index < -0.39 is 5.91 Å². The van der Waals surface area contributed by atoms with Gasteiger partial charge in [0.15, 0.2) is 5.49 Å². The molecule has 33 heavy (non-hydrogen) atoms. The predicted octanol–water partition coefficient (Wildman–Crippen LogP) is 3.00. The average Bonchev–Trinajstić information content (AvgIpc) is 2.82. The number of carbonyl (C=O) groups is 1. The zero-order valence-electron chi connectivity index (χ0n) is 18.5. The number of hydrogen-bond donors (Lipinski definition) is 0. The summed E-state index contributed by atoms with van der Waals surface area (Å²) in [5, 5.41) is 10.1. The molecular weight excluding hydrogens is 418 g/mol. The Balaban J connectivity index is 2.01. The third-order valence-electron chi connectivity index (χ3n) is 5.26. The fourth-order valence-electron chi connectivity index (χ4n) is 3.70. The molecule has 0 aliphatic heterocycles. The average molecular weight is 441 g/mol. The Hall–Kier alpha value is -4.09. The highest BCUT2D eigenvalue weighted by molar-refractivity contribution is 5.95. The lowest BCUT2D eigenvalue weighted by atomic mass is 10.1. The maximum atomic E-state index is 13.2. The van der Waals surface area contributed by atoms with E-state index in [1.807, 2.05) is 19.9 Å². The minimum absolute atomic E-state index is 0.134. The van der Waals surface area contributed by atoms with Gasteiger partial charge in [0.05, 0.1) is 10.9 Å². The van der Waals surface area contributed by atoms with Crippen molar-refractivity contribution in [3.63, 3.8) is 0 Å². The van der Waals surface area contributed by atoms with Crippen molar-refractivity contribution in [1.29, 1.82) is 5.26 Å². The molecule has 0 aliphatic rings. The van der Waals surface area contributed by atoms with Gasteiger partial charge in [-0.3, -0.25) is 14.0 Å². The Morgan fingerprint density at radius 2 is 2.06 bits per heavy atom. The van der Waals surface area contributed by atoms with Gasteiger partial charge in [-0.05, 0) is 50.6 Å². The Kier molecular flexibility index (Phi) is 6.43. The maximum absolute atomic E-state index is 13.2. The molecular formula is C25H23N5O3. The number of ether oxygens (including phenoxy) is 1. The van der Waals surface area contributed by atoms with Crippen LogP contribution in [-0.4, -0.2) is 33.1 Å². The van der Waals surface area contributed by atoms with Crippen LogP contribution in [0, 0.1) is 18.3 Å². The van der Waals surface area contributed by atoms with Crippen LogP contribution in [0.3, 0.4) is 0 Å². The van der Waals surface area contributed by atoms with Gasteiger partial charge in [0.2, 0.25) is 0 Å². The van der Waals surface area contributed by atoms with Crippen LogP contribution < -0.4 is 11.0 Å². The van der Waals surface area contributed by atoms with E-state index >= 15 is 0 Å². The van der Waals surface area contributed by atoms with Crippen molar-refractivity contribution in [3.8, 4) is 6.07 Å². The number of hydrogen-bond acceptors (Lipinski definition) is 5. The third kappa shape index (κ3) is 4.45. The number of carbonyl (C=O) groups excluding carboxylic acids is 1. The maximum Gasteiger partial charge on any atom is 0.279 e. The van der Waals surface area contributed by atoms with E-state index in [1.165, 1.54) is 10.5 Å². The second-order valence-corrected chi connectivity index (χ2v) is 7.57. The molecule has 1 amide bonds. The molecule has 8 heteroatoms. The first-order valence-electron chi connectivity index (χ1n) is 10.7. The van der Waals surface area contributed by atoms with Gasteiger partial charge in [-0.25, -0.2) is 4.98 Å². The third-order valence-corrected chi connectivity index (χ3v) is 5.26. The molecule has 0 fully saturated rings. The fraction of sp³-hybridized carbons (Fsp3) is 0.240. The summed E-state index contributed by atoms with van der Waals surface area (Å²) in [7, 11) is 0. The van der Waals surface area contributed by atoms with Crippen molar-refractivity contribution in [2.24, 2.45) is 4.99 Å². The van der Waals surface area contributed by atoms with E-state index in [0.29, 0.717) is 43.0 Å². The van der Waals surface area contributed by atoms with E-state index in [4.69, 9.17) is 4.74 Å². The summed E-state index contributed by atoms with van der Waals surface area (Å²) in [6.45, 7) is 5.25. The van der Waals surface area contributed by atoms with Crippen molar-refractivity contribution in [2.75, 3.05) is 13.2 Å². The van der Waals surface area contributed by atoms with E-state index in [9.17, 15) is 14.9 Å². The molecule has 4 rings (SSSR count). The number of fused-ring (bicyclic) bond motifs is 2. The molecule has 0 aliphatic carbocycles. The van der Waals surface area contributed by atoms with Crippen molar-refractivity contribution < 1.29 is 9.53 Å². The lowest BCUT2D eigenvalue weighted by Crippen LogP contribution is -2.30. The van der Waals surface area contributed by atoms with E-state index in [0.717, 1.165) is 5.56 Å². The lowest BCUT2D eigenvalue weighted by Gasteiger charge is -2.13. The standard InChI is InChI=1S/C25H23N5O3/c1-3-33-13-7-12-30-22(28-24(31)18-9-6-8-17(2)14-18)19(16-26)15-20-23(30)27-21-10-4-5-11-29(21)25(20)32/h4-6,8-11,14-15H,3,7,12-13H2,1-2H3. The molecule has 0 saturated carbocycles. The van der Waals surface area contributed by atoms with E-state index in [2.05, 4.69) is 16.0 Å². The molecule has 1 aromatic carbocycles. The number of aryl methyl sites for hydroxylation is 2. The van der Waals surface area contributed by atoms with Crippen LogP contribution in [0.2, 0.25) is 0 Å². The minimum atomic E-state index is -0.467. The number of benzene rings is 1. The summed E-state index contributed by atoms with van der Waals surface area (Å²) in [6.07, 6.45) is 2.23. The highest BCUT2D eigenvalue weighted by atomic mass is 16.5. The number of rotatable bonds is 6. The van der Waals surface area contributed by atoms with Crippen LogP contribution in [0.1, 0.15) is 34.8 Å². The Morgan fingerprint density at radius 3 is 2.82 bits per heavy atom. The molecule has 0 atom stereocenters. The lowest BCUT2D eigenvalue weighted by molar-refractivity contribution is 0.0997. The number of nitriles is 1. The summed E-state index contributed by atoms with van der Waals surface area (Å²) in [4.78, 5) is 35.1. The normalized spacial score (nSPS) is 11.7. The largest absolute Gasteiger partial charge is 0.382 e. The zero-order valence-corrected chi connectivity index (χ0v) is 18.5. The summed E-state index contributed by atoms with van der Waals surface area (Å²) in [6, 6.07) is 15.9. The van der Waals surface area contributed by atoms with Gasteiger partial charge in [0, 0.05) is 31.5 Å². The smallest absolute Gasteiger partial charge is 0.279 e. The minimum Gasteiger partial charge on any atom is -0.382 e. The molecule has 0 N–H and O–H groups in total. The predicted molar refractivity (Wildman–Crippen MR) is 124 cm³/mol. The van der Waals surface area contributed by atoms with Crippen LogP contribution >= 0.6 is 0 Å². The zero-order chi connectivity index (χ0) is 23.4. The topological polar surface area (TPSA) is 102 Å². The fourth-order valence-corrected chi connectivity index (χ4v) is 3.70. The van der Waals surface area contributed by atoms with Crippen molar-refractivity contribution >= 4 is 22.6 Å². The molecule has 166 valence electrons. The first-order valence-corrected chi connectivity index (χ1v) is 10.7. The Bertz CT molecular complexity index is 1530. The van der Waals surface area contributed by atoms with Crippen LogP contribution in [0.5, 0.6) is 0 Å². The van der Waals surface area contributed by atoms with Gasteiger partial charge >= 0.3 is 0 Å². The summed E-state index contributed by atoms with van der Waals surface area (Å²) in [5.74, 6) is -0.467. The molecule has 0 unspecified atom stereocenters. The van der Waals surface area contributed by atoms with Gasteiger partial charge in [0.1, 0.15) is 17.4 Å². The second-order valence-electron chi connectivity index (χ2n) is 7.57. The molecule has 3 heterocycles. The molecule has 4 aromatic rings. The Morgan fingerprint density at radius 1 is 1.21 bits per heavy atom. The number of pyridine rings is 2. The highest BCUT2D eigenvalue weighted by Crippen LogP contribution is 2.12. The van der Waals surface area contributed by atoms with Crippen LogP contribution in [0.15, 0.2) is 64.5 Å². The van der Waals surface area contributed by atoms with Gasteiger partial charge < -0.3 is 9.30 Å². The molecule has 0 bridgehead atoms. The second kappa shape index (κ2) is 9.59. The Labute approximate surface area is 190 Å². The van der Waals surface area contributed by atoms with Crippen molar-refractivity contribution in [1.82, 2.24) is 14.0 Å². The number of aromatic nitrogens is 3. The van der Waals surface area contributed by atoms with Crippen molar-refractivity contribution in [2.45, 2.75) is 26.8 Å². The first-order chi connectivity index (χ1) is 16.0. The molecule has 0 saturated heterocycles. The van der Waals surface area contributed by atoms with Crippen molar-refractivity contribution in [3.05, 3.63) is 87.3 Å². The van der Waals surface area contributed by atoms with E-state index in [1.54, 1.807) is 47.2 Å². The van der Waals surface area contributed by atoms with Gasteiger partial charge in [0.25, 0.3) is 11.5 Å². The quantitative estimate of drug-likeness (QED) is 0.338. The van der Waals surface area contributed by atoms with Crippen LogP contribution in [-0.2, 0) is 11.3 Å². The van der Waals surface area contributed by atoms with E-state index in [-0.39, 0.29) is 22.0 Å². The summed E-state index contributed by atoms with van der Waals surface area (Å²) >= 11 is 0. The molecule has 8 nitrogen and oxygen atoms in total. The number of nitrogens with zero attached hydrogens (tertiary/aromatic N) is 5. The monoisotopic (exact) mass is 441 g/mol. The molecule has 0 radical (unpaired) electrons. The SMILES string of the molecule is CCOCCCn1c(=NC(=O)c2cccc(C)c2)c(C#N)cc2c(=O)n3ccccc3nc21. The van der Waals surface area contributed by atoms with Crippen LogP contribution in [0.4, 0.5) is 0 Å². The highest BCUT2D eigenvalue weighted by Gasteiger charge is 2.15. The number of amides is 1. The van der Waals surface area contributed by atoms with Gasteiger partial charge in [-0.2, -0.15) is 10.3 Å². The molecule has 0 spiro atoms. The van der Waals surface area contributed by atoms with Gasteiger partial charge in [-0.1, -0.05) is 23.8 Å². The van der Waals surface area contributed by atoms with Crippen LogP contribution in [0.25, 0.3) is 16.7 Å². The summed E-state index contributed by atoms with van der Waals surface area (Å²) < 4.78 is 8.57. The molecule has 3 aromatic heterocycles. The van der Waals surface area contributed by atoms with Gasteiger partial charge in [-0.15, -0.1) is 0 Å².